The second kappa shape index (κ2) is 4.13. The number of ether oxygens (including phenoxy) is 1. The van der Waals surface area contributed by atoms with Crippen LogP contribution in [0.5, 0.6) is 5.75 Å². The van der Waals surface area contributed by atoms with Gasteiger partial charge in [0.25, 0.3) is 0 Å². The van der Waals surface area contributed by atoms with Gasteiger partial charge >= 0.3 is 5.97 Å². The van der Waals surface area contributed by atoms with Gasteiger partial charge in [0, 0.05) is 12.4 Å². The van der Waals surface area contributed by atoms with Crippen molar-refractivity contribution in [1.82, 2.24) is 4.57 Å². The number of fused-ring (bicyclic) bond motifs is 1. The summed E-state index contributed by atoms with van der Waals surface area (Å²) in [4.78, 5) is 11.1. The highest BCUT2D eigenvalue weighted by atomic mass is 16.5. The summed E-state index contributed by atoms with van der Waals surface area (Å²) < 4.78 is 6.98. The fraction of sp³-hybridized carbons (Fsp3) is 0.308. The third kappa shape index (κ3) is 1.65. The van der Waals surface area contributed by atoms with Gasteiger partial charge in [0.05, 0.1) is 12.6 Å². The standard InChI is InChI=1S/C13H15NO3/c1-4-8-5-6-11(17-3)9-7-10(13(15)16)14(2)12(8)9/h5-7H,4H2,1-3H3,(H,15,16). The normalized spacial score (nSPS) is 10.8. The largest absolute Gasteiger partial charge is 0.496 e. The lowest BCUT2D eigenvalue weighted by atomic mass is 10.1. The summed E-state index contributed by atoms with van der Waals surface area (Å²) in [6.45, 7) is 2.05. The predicted molar refractivity (Wildman–Crippen MR) is 65.8 cm³/mol. The van der Waals surface area contributed by atoms with Gasteiger partial charge in [0.1, 0.15) is 11.4 Å². The fourth-order valence-corrected chi connectivity index (χ4v) is 2.19. The number of carboxylic acids is 1. The number of carbonyl (C=O) groups is 1. The Balaban J connectivity index is 2.87. The minimum Gasteiger partial charge on any atom is -0.496 e. The second-order valence-corrected chi connectivity index (χ2v) is 3.94. The molecule has 17 heavy (non-hydrogen) atoms. The molecule has 1 aromatic heterocycles. The Labute approximate surface area is 99.4 Å². The van der Waals surface area contributed by atoms with E-state index in [4.69, 9.17) is 9.84 Å². The minimum absolute atomic E-state index is 0.277. The van der Waals surface area contributed by atoms with Crippen LogP contribution in [0, 0.1) is 0 Å². The number of rotatable bonds is 3. The van der Waals surface area contributed by atoms with E-state index in [0.29, 0.717) is 5.75 Å². The summed E-state index contributed by atoms with van der Waals surface area (Å²) in [6.07, 6.45) is 0.859. The number of aryl methyl sites for hydroxylation is 2. The Morgan fingerprint density at radius 3 is 2.71 bits per heavy atom. The number of hydrogen-bond acceptors (Lipinski definition) is 2. The van der Waals surface area contributed by atoms with Crippen LogP contribution in [0.3, 0.4) is 0 Å². The molecule has 2 aromatic rings. The molecule has 0 aliphatic heterocycles. The van der Waals surface area contributed by atoms with Crippen LogP contribution in [0.15, 0.2) is 18.2 Å². The summed E-state index contributed by atoms with van der Waals surface area (Å²) >= 11 is 0. The topological polar surface area (TPSA) is 51.5 Å². The molecule has 4 nitrogen and oxygen atoms in total. The first-order valence-electron chi connectivity index (χ1n) is 5.48. The molecule has 0 amide bonds. The molecule has 0 saturated heterocycles. The SMILES string of the molecule is CCc1ccc(OC)c2cc(C(=O)O)n(C)c12. The van der Waals surface area contributed by atoms with Crippen molar-refractivity contribution < 1.29 is 14.6 Å². The summed E-state index contributed by atoms with van der Waals surface area (Å²) in [6, 6.07) is 5.52. The summed E-state index contributed by atoms with van der Waals surface area (Å²) in [5.41, 5.74) is 2.33. The number of methoxy groups -OCH3 is 1. The van der Waals surface area contributed by atoms with Crippen molar-refractivity contribution in [3.8, 4) is 5.75 Å². The van der Waals surface area contributed by atoms with Crippen molar-refractivity contribution in [2.75, 3.05) is 7.11 Å². The number of benzene rings is 1. The summed E-state index contributed by atoms with van der Waals surface area (Å²) in [5.74, 6) is -0.215. The van der Waals surface area contributed by atoms with Gasteiger partial charge in [-0.25, -0.2) is 4.79 Å². The monoisotopic (exact) mass is 233 g/mol. The van der Waals surface area contributed by atoms with E-state index in [1.54, 1.807) is 24.8 Å². The average Bonchev–Trinajstić information content (AvgIpc) is 2.67. The van der Waals surface area contributed by atoms with Gasteiger partial charge in [0.2, 0.25) is 0 Å². The fourth-order valence-electron chi connectivity index (χ4n) is 2.19. The third-order valence-electron chi connectivity index (χ3n) is 3.06. The van der Waals surface area contributed by atoms with E-state index in [1.165, 1.54) is 0 Å². The van der Waals surface area contributed by atoms with E-state index < -0.39 is 5.97 Å². The molecule has 0 bridgehead atoms. The van der Waals surface area contributed by atoms with Crippen LogP contribution < -0.4 is 4.74 Å². The van der Waals surface area contributed by atoms with E-state index >= 15 is 0 Å². The predicted octanol–water partition coefficient (Wildman–Crippen LogP) is 2.45. The smallest absolute Gasteiger partial charge is 0.352 e. The van der Waals surface area contributed by atoms with Crippen molar-refractivity contribution in [2.24, 2.45) is 7.05 Å². The zero-order valence-electron chi connectivity index (χ0n) is 10.2. The second-order valence-electron chi connectivity index (χ2n) is 3.94. The maximum absolute atomic E-state index is 11.1. The van der Waals surface area contributed by atoms with Crippen molar-refractivity contribution >= 4 is 16.9 Å². The average molecular weight is 233 g/mol. The quantitative estimate of drug-likeness (QED) is 0.885. The maximum atomic E-state index is 11.1. The zero-order chi connectivity index (χ0) is 12.6. The van der Waals surface area contributed by atoms with Gasteiger partial charge in [-0.3, -0.25) is 0 Å². The highest BCUT2D eigenvalue weighted by Gasteiger charge is 2.16. The lowest BCUT2D eigenvalue weighted by Gasteiger charge is -2.07. The van der Waals surface area contributed by atoms with Gasteiger partial charge < -0.3 is 14.4 Å². The molecule has 0 aliphatic carbocycles. The number of aromatic carboxylic acids is 1. The van der Waals surface area contributed by atoms with Crippen LogP contribution in [0.2, 0.25) is 0 Å². The minimum atomic E-state index is -0.923. The van der Waals surface area contributed by atoms with E-state index in [1.807, 2.05) is 12.1 Å². The van der Waals surface area contributed by atoms with Crippen LogP contribution >= 0.6 is 0 Å². The lowest BCUT2D eigenvalue weighted by Crippen LogP contribution is -2.04. The molecule has 1 N–H and O–H groups in total. The van der Waals surface area contributed by atoms with Gasteiger partial charge in [0.15, 0.2) is 0 Å². The van der Waals surface area contributed by atoms with Gasteiger partial charge in [-0.05, 0) is 24.1 Å². The molecular weight excluding hydrogens is 218 g/mol. The van der Waals surface area contributed by atoms with Crippen molar-refractivity contribution in [2.45, 2.75) is 13.3 Å². The Morgan fingerprint density at radius 2 is 2.18 bits per heavy atom. The first kappa shape index (κ1) is 11.5. The third-order valence-corrected chi connectivity index (χ3v) is 3.06. The first-order chi connectivity index (χ1) is 8.10. The number of carboxylic acid groups (broad SMARTS) is 1. The number of aromatic nitrogens is 1. The molecule has 0 spiro atoms. The van der Waals surface area contributed by atoms with E-state index in [-0.39, 0.29) is 5.69 Å². The highest BCUT2D eigenvalue weighted by molar-refractivity contribution is 5.98. The molecule has 0 radical (unpaired) electrons. The van der Waals surface area contributed by atoms with Crippen LogP contribution in [0.1, 0.15) is 23.0 Å². The van der Waals surface area contributed by atoms with E-state index in [9.17, 15) is 4.79 Å². The van der Waals surface area contributed by atoms with E-state index in [0.717, 1.165) is 22.9 Å². The summed E-state index contributed by atoms with van der Waals surface area (Å²) in [5, 5.41) is 9.99. The molecule has 1 heterocycles. The Bertz CT molecular complexity index is 584. The van der Waals surface area contributed by atoms with Crippen LogP contribution in [-0.2, 0) is 13.5 Å². The van der Waals surface area contributed by atoms with Gasteiger partial charge in [-0.1, -0.05) is 13.0 Å². The Kier molecular flexibility index (Phi) is 2.79. The molecule has 2 rings (SSSR count). The first-order valence-corrected chi connectivity index (χ1v) is 5.48. The van der Waals surface area contributed by atoms with E-state index in [2.05, 4.69) is 6.92 Å². The van der Waals surface area contributed by atoms with Crippen LogP contribution in [-0.4, -0.2) is 22.8 Å². The molecule has 0 fully saturated rings. The molecule has 1 aromatic carbocycles. The molecular formula is C13H15NO3. The Morgan fingerprint density at radius 1 is 1.47 bits per heavy atom. The Hall–Kier alpha value is -1.97. The summed E-state index contributed by atoms with van der Waals surface area (Å²) in [7, 11) is 3.36. The molecule has 4 heteroatoms. The molecule has 0 saturated carbocycles. The molecule has 0 unspecified atom stereocenters. The molecule has 0 aliphatic rings. The van der Waals surface area contributed by atoms with Gasteiger partial charge in [-0.2, -0.15) is 0 Å². The van der Waals surface area contributed by atoms with Gasteiger partial charge in [-0.15, -0.1) is 0 Å². The maximum Gasteiger partial charge on any atom is 0.352 e. The number of hydrogen-bond donors (Lipinski definition) is 1. The van der Waals surface area contributed by atoms with Crippen molar-refractivity contribution in [3.05, 3.63) is 29.5 Å². The lowest BCUT2D eigenvalue weighted by molar-refractivity contribution is 0.0687. The molecule has 0 atom stereocenters. The number of nitrogens with zero attached hydrogens (tertiary/aromatic N) is 1. The van der Waals surface area contributed by atoms with Crippen molar-refractivity contribution in [3.63, 3.8) is 0 Å². The van der Waals surface area contributed by atoms with Crippen molar-refractivity contribution in [1.29, 1.82) is 0 Å². The zero-order valence-corrected chi connectivity index (χ0v) is 10.2. The van der Waals surface area contributed by atoms with Crippen LogP contribution in [0.25, 0.3) is 10.9 Å². The highest BCUT2D eigenvalue weighted by Crippen LogP contribution is 2.31. The molecule has 90 valence electrons. The van der Waals surface area contributed by atoms with Crippen LogP contribution in [0.4, 0.5) is 0 Å².